The van der Waals surface area contributed by atoms with Gasteiger partial charge in [0.25, 0.3) is 5.97 Å². The lowest BCUT2D eigenvalue weighted by Crippen LogP contribution is -2.09. The maximum atomic E-state index is 9.00. The molecule has 3 N–H and O–H groups in total. The third-order valence-corrected chi connectivity index (χ3v) is 1.06. The maximum absolute atomic E-state index is 9.00. The van der Waals surface area contributed by atoms with Gasteiger partial charge in [0, 0.05) is 13.5 Å². The van der Waals surface area contributed by atoms with Crippen LogP contribution < -0.4 is 0 Å². The summed E-state index contributed by atoms with van der Waals surface area (Å²) in [7, 11) is 0. The Labute approximate surface area is 72.8 Å². The van der Waals surface area contributed by atoms with Gasteiger partial charge in [0.2, 0.25) is 0 Å². The standard InChI is InChI=1S/C6H14O2.C2H4O2/c1-5(4-7)3-6(2)8;1-2(3)4/h5-8H,3-4H2,1-2H3;1H3,(H,3,4). The zero-order valence-corrected chi connectivity index (χ0v) is 7.82. The molecule has 0 aromatic rings. The quantitative estimate of drug-likeness (QED) is 0.587. The van der Waals surface area contributed by atoms with Crippen molar-refractivity contribution in [1.82, 2.24) is 0 Å². The summed E-state index contributed by atoms with van der Waals surface area (Å²) in [4.78, 5) is 9.00. The molecular weight excluding hydrogens is 160 g/mol. The molecule has 0 radical (unpaired) electrons. The number of hydrogen-bond acceptors (Lipinski definition) is 3. The highest BCUT2D eigenvalue weighted by molar-refractivity contribution is 5.62. The predicted molar refractivity (Wildman–Crippen MR) is 45.9 cm³/mol. The highest BCUT2D eigenvalue weighted by Gasteiger charge is 2.02. The minimum atomic E-state index is -0.833. The monoisotopic (exact) mass is 178 g/mol. The first-order valence-corrected chi connectivity index (χ1v) is 3.88. The van der Waals surface area contributed by atoms with E-state index in [0.717, 1.165) is 6.92 Å². The fourth-order valence-corrected chi connectivity index (χ4v) is 0.657. The minimum absolute atomic E-state index is 0.172. The van der Waals surface area contributed by atoms with Crippen LogP contribution in [0.25, 0.3) is 0 Å². The van der Waals surface area contributed by atoms with Crippen molar-refractivity contribution in [2.45, 2.75) is 33.3 Å². The Morgan fingerprint density at radius 2 is 1.75 bits per heavy atom. The van der Waals surface area contributed by atoms with Crippen LogP contribution in [0.4, 0.5) is 0 Å². The molecule has 12 heavy (non-hydrogen) atoms. The van der Waals surface area contributed by atoms with E-state index < -0.39 is 5.97 Å². The first-order valence-electron chi connectivity index (χ1n) is 3.88. The van der Waals surface area contributed by atoms with Crippen molar-refractivity contribution in [1.29, 1.82) is 0 Å². The Bertz CT molecular complexity index is 108. The van der Waals surface area contributed by atoms with Crippen molar-refractivity contribution in [3.8, 4) is 0 Å². The summed E-state index contributed by atoms with van der Waals surface area (Å²) in [6.45, 7) is 4.89. The van der Waals surface area contributed by atoms with E-state index in [1.54, 1.807) is 6.92 Å². The van der Waals surface area contributed by atoms with Crippen LogP contribution >= 0.6 is 0 Å². The fourth-order valence-electron chi connectivity index (χ4n) is 0.657. The van der Waals surface area contributed by atoms with Gasteiger partial charge in [-0.2, -0.15) is 0 Å². The number of carboxylic acids is 1. The van der Waals surface area contributed by atoms with E-state index in [2.05, 4.69) is 0 Å². The first-order chi connectivity index (χ1) is 5.40. The highest BCUT2D eigenvalue weighted by Crippen LogP contribution is 2.02. The molecule has 2 atom stereocenters. The maximum Gasteiger partial charge on any atom is 0.300 e. The summed E-state index contributed by atoms with van der Waals surface area (Å²) in [5, 5.41) is 24.6. The predicted octanol–water partition coefficient (Wildman–Crippen LogP) is 0.477. The second-order valence-electron chi connectivity index (χ2n) is 2.89. The smallest absolute Gasteiger partial charge is 0.300 e. The van der Waals surface area contributed by atoms with Gasteiger partial charge in [0.15, 0.2) is 0 Å². The number of carbonyl (C=O) groups is 1. The molecule has 0 aromatic heterocycles. The van der Waals surface area contributed by atoms with E-state index in [9.17, 15) is 0 Å². The number of carboxylic acid groups (broad SMARTS) is 1. The van der Waals surface area contributed by atoms with Gasteiger partial charge in [0.05, 0.1) is 6.10 Å². The lowest BCUT2D eigenvalue weighted by Gasteiger charge is -2.08. The molecule has 4 heteroatoms. The summed E-state index contributed by atoms with van der Waals surface area (Å²) in [6, 6.07) is 0. The lowest BCUT2D eigenvalue weighted by atomic mass is 10.1. The largest absolute Gasteiger partial charge is 0.481 e. The van der Waals surface area contributed by atoms with Crippen LogP contribution in [0, 0.1) is 5.92 Å². The summed E-state index contributed by atoms with van der Waals surface area (Å²) < 4.78 is 0. The Kier molecular flexibility index (Phi) is 9.86. The van der Waals surface area contributed by atoms with Crippen LogP contribution in [-0.4, -0.2) is 34.0 Å². The molecule has 0 amide bonds. The highest BCUT2D eigenvalue weighted by atomic mass is 16.4. The molecule has 2 unspecified atom stereocenters. The average Bonchev–Trinajstić information content (AvgIpc) is 1.84. The molecule has 4 nitrogen and oxygen atoms in total. The molecule has 74 valence electrons. The van der Waals surface area contributed by atoms with Crippen molar-refractivity contribution in [3.63, 3.8) is 0 Å². The van der Waals surface area contributed by atoms with Crippen LogP contribution in [0.1, 0.15) is 27.2 Å². The molecule has 0 fully saturated rings. The molecule has 0 aromatic carbocycles. The lowest BCUT2D eigenvalue weighted by molar-refractivity contribution is -0.134. The first kappa shape index (κ1) is 13.9. The summed E-state index contributed by atoms with van der Waals surface area (Å²) in [5.41, 5.74) is 0. The van der Waals surface area contributed by atoms with E-state index in [1.807, 2.05) is 6.92 Å². The van der Waals surface area contributed by atoms with Gasteiger partial charge in [-0.05, 0) is 19.3 Å². The third kappa shape index (κ3) is 22.8. The molecule has 0 aliphatic heterocycles. The van der Waals surface area contributed by atoms with Gasteiger partial charge in [-0.3, -0.25) is 4.79 Å². The SMILES string of the molecule is CC(=O)O.CC(O)CC(C)CO. The van der Waals surface area contributed by atoms with Crippen LogP contribution in [0.2, 0.25) is 0 Å². The zero-order valence-electron chi connectivity index (χ0n) is 7.82. The molecule has 0 spiro atoms. The molecule has 0 bridgehead atoms. The summed E-state index contributed by atoms with van der Waals surface area (Å²) in [6.07, 6.45) is 0.411. The van der Waals surface area contributed by atoms with Gasteiger partial charge >= 0.3 is 0 Å². The minimum Gasteiger partial charge on any atom is -0.481 e. The van der Waals surface area contributed by atoms with Crippen molar-refractivity contribution in [2.24, 2.45) is 5.92 Å². The van der Waals surface area contributed by atoms with E-state index >= 15 is 0 Å². The molecule has 0 saturated carbocycles. The average molecular weight is 178 g/mol. The second-order valence-corrected chi connectivity index (χ2v) is 2.89. The van der Waals surface area contributed by atoms with E-state index in [1.165, 1.54) is 0 Å². The van der Waals surface area contributed by atoms with E-state index in [4.69, 9.17) is 20.1 Å². The van der Waals surface area contributed by atoms with E-state index in [-0.39, 0.29) is 18.6 Å². The van der Waals surface area contributed by atoms with Gasteiger partial charge in [-0.15, -0.1) is 0 Å². The van der Waals surface area contributed by atoms with Crippen LogP contribution in [0.15, 0.2) is 0 Å². The Morgan fingerprint density at radius 3 is 1.83 bits per heavy atom. The molecular formula is C8H18O4. The number of rotatable bonds is 3. The topological polar surface area (TPSA) is 77.8 Å². The third-order valence-electron chi connectivity index (χ3n) is 1.06. The Balaban J connectivity index is 0. The number of hydrogen-bond donors (Lipinski definition) is 3. The van der Waals surface area contributed by atoms with Gasteiger partial charge < -0.3 is 15.3 Å². The molecule has 0 saturated heterocycles. The van der Waals surface area contributed by atoms with Gasteiger partial charge in [-0.25, -0.2) is 0 Å². The normalized spacial score (nSPS) is 14.1. The van der Waals surface area contributed by atoms with E-state index in [0.29, 0.717) is 6.42 Å². The summed E-state index contributed by atoms with van der Waals surface area (Å²) >= 11 is 0. The van der Waals surface area contributed by atoms with Gasteiger partial charge in [-0.1, -0.05) is 6.92 Å². The van der Waals surface area contributed by atoms with Crippen molar-refractivity contribution in [2.75, 3.05) is 6.61 Å². The molecule has 0 heterocycles. The van der Waals surface area contributed by atoms with Gasteiger partial charge in [0.1, 0.15) is 0 Å². The Morgan fingerprint density at radius 1 is 1.42 bits per heavy atom. The van der Waals surface area contributed by atoms with Crippen molar-refractivity contribution >= 4 is 5.97 Å². The fraction of sp³-hybridized carbons (Fsp3) is 0.875. The number of aliphatic hydroxyl groups is 2. The Hall–Kier alpha value is -0.610. The number of aliphatic hydroxyl groups excluding tert-OH is 2. The summed E-state index contributed by atoms with van der Waals surface area (Å²) in [5.74, 6) is -0.602. The van der Waals surface area contributed by atoms with Crippen LogP contribution in [0.5, 0.6) is 0 Å². The van der Waals surface area contributed by atoms with Crippen molar-refractivity contribution < 1.29 is 20.1 Å². The molecule has 0 rings (SSSR count). The van der Waals surface area contributed by atoms with Crippen molar-refractivity contribution in [3.05, 3.63) is 0 Å². The van der Waals surface area contributed by atoms with Crippen LogP contribution in [-0.2, 0) is 4.79 Å². The number of aliphatic carboxylic acids is 1. The van der Waals surface area contributed by atoms with Crippen LogP contribution in [0.3, 0.4) is 0 Å². The molecule has 0 aliphatic carbocycles. The molecule has 0 aliphatic rings. The second kappa shape index (κ2) is 8.49. The zero-order chi connectivity index (χ0) is 10.1.